The summed E-state index contributed by atoms with van der Waals surface area (Å²) in [5.41, 5.74) is 7.58. The lowest BCUT2D eigenvalue weighted by Gasteiger charge is -2.35. The lowest BCUT2D eigenvalue weighted by Crippen LogP contribution is -2.51. The van der Waals surface area contributed by atoms with Crippen LogP contribution in [0.25, 0.3) is 43.4 Å². The number of carbonyl (C=O) groups is 3. The first-order valence-electron chi connectivity index (χ1n) is 31.0. The highest BCUT2D eigenvalue weighted by molar-refractivity contribution is 7.13. The van der Waals surface area contributed by atoms with E-state index < -0.39 is 5.82 Å². The van der Waals surface area contributed by atoms with Gasteiger partial charge in [0.15, 0.2) is 11.6 Å². The van der Waals surface area contributed by atoms with Crippen molar-refractivity contribution in [3.05, 3.63) is 107 Å². The van der Waals surface area contributed by atoms with Crippen LogP contribution in [0.5, 0.6) is 6.01 Å². The maximum absolute atomic E-state index is 16.8. The van der Waals surface area contributed by atoms with Crippen molar-refractivity contribution in [1.82, 2.24) is 50.4 Å². The first-order valence-corrected chi connectivity index (χ1v) is 31.9. The topological polar surface area (TPSA) is 188 Å². The monoisotopic (exact) mass is 1190 g/mol. The summed E-state index contributed by atoms with van der Waals surface area (Å²) in [6, 6.07) is 23.5. The highest BCUT2D eigenvalue weighted by Gasteiger charge is 2.50. The van der Waals surface area contributed by atoms with E-state index in [1.807, 2.05) is 49.7 Å². The largest absolute Gasteiger partial charge is 0.461 e. The van der Waals surface area contributed by atoms with E-state index >= 15 is 4.39 Å². The van der Waals surface area contributed by atoms with Crippen LogP contribution in [0.1, 0.15) is 121 Å². The number of aromatic nitrogens is 5. The Labute approximate surface area is 508 Å². The van der Waals surface area contributed by atoms with Crippen LogP contribution in [0.15, 0.2) is 83.0 Å². The van der Waals surface area contributed by atoms with E-state index in [1.54, 1.807) is 34.4 Å². The molecule has 6 saturated heterocycles. The van der Waals surface area contributed by atoms with E-state index in [2.05, 4.69) is 99.6 Å². The van der Waals surface area contributed by atoms with E-state index in [9.17, 15) is 14.4 Å². The number of carbonyl (C=O) groups excluding carboxylic acids is 3. The van der Waals surface area contributed by atoms with Gasteiger partial charge in [0.25, 0.3) is 0 Å². The fourth-order valence-electron chi connectivity index (χ4n) is 13.7. The van der Waals surface area contributed by atoms with E-state index in [1.165, 1.54) is 10.4 Å². The standard InChI is InChI=1S/C35H41FN6O2.C18H21N3O2S.C13H21N3O2/c1-3-22-7-4-8-23-9-5-10-27(29(22)23)31-30(36)32-28(17-37-31)33(41-18-24-11-12-25(19-41)38-24)40-34(39-32)44-21-35-14-6-16-42(35)26(13-15-35)20-43-2;1-12(20-18(23)16-4-3-9-21(16)11-22)14-5-7-15(8-6-14)17-13(2)19-10-24-17;1-10(2)11(3)12-8-13(14-18-12)16-6-4-15(9-17)5-7-16/h4-5,7-10,17,24-26,38H,3,6,11-16,18-21H2,1-2H3;5-8,10-12,16H,3-4,9H2,1-2H3,(H,20,23);8-11H,4-7H2,1-3H3. The predicted molar refractivity (Wildman–Crippen MR) is 335 cm³/mol. The summed E-state index contributed by atoms with van der Waals surface area (Å²) < 4.78 is 34.3. The molecule has 2 N–H and O–H groups in total. The number of piperazine rings is 2. The Bertz CT molecular complexity index is 3470. The lowest BCUT2D eigenvalue weighted by molar-refractivity contribution is -0.131. The summed E-state index contributed by atoms with van der Waals surface area (Å²) in [5, 5.41) is 13.6. The van der Waals surface area contributed by atoms with Crippen LogP contribution in [0.3, 0.4) is 0 Å². The zero-order valence-corrected chi connectivity index (χ0v) is 51.7. The number of nitrogens with zero attached hydrogens (tertiary/aromatic N) is 10. The number of likely N-dealkylation sites (tertiary alicyclic amines) is 1. The molecule has 7 unspecified atom stereocenters. The van der Waals surface area contributed by atoms with E-state index in [0.717, 1.165) is 174 Å². The molecular weight excluding hydrogens is 1110 g/mol. The molecule has 18 nitrogen and oxygen atoms in total. The third-order valence-electron chi connectivity index (χ3n) is 18.9. The Morgan fingerprint density at radius 3 is 2.36 bits per heavy atom. The minimum Gasteiger partial charge on any atom is -0.461 e. The van der Waals surface area contributed by atoms with Crippen LogP contribution in [0.2, 0.25) is 0 Å². The highest BCUT2D eigenvalue weighted by atomic mass is 32.1. The number of nitrogens with one attached hydrogen (secondary N) is 2. The van der Waals surface area contributed by atoms with Gasteiger partial charge in [0.1, 0.15) is 35.4 Å². The van der Waals surface area contributed by atoms with Crippen LogP contribution in [-0.4, -0.2) is 161 Å². The zero-order valence-electron chi connectivity index (χ0n) is 50.8. The zero-order chi connectivity index (χ0) is 60.1. The molecule has 7 aromatic rings. The molecule has 3 amide bonds. The molecule has 456 valence electrons. The summed E-state index contributed by atoms with van der Waals surface area (Å²) in [5.74, 6) is 2.97. The second-order valence-electron chi connectivity index (χ2n) is 24.6. The second-order valence-corrected chi connectivity index (χ2v) is 25.4. The molecule has 6 fully saturated rings. The van der Waals surface area contributed by atoms with Gasteiger partial charge in [-0.1, -0.05) is 93.5 Å². The van der Waals surface area contributed by atoms with Crippen molar-refractivity contribution >= 4 is 63.4 Å². The van der Waals surface area contributed by atoms with Gasteiger partial charge in [-0.25, -0.2) is 9.37 Å². The summed E-state index contributed by atoms with van der Waals surface area (Å²) in [6.07, 6.45) is 12.6. The minimum absolute atomic E-state index is 0.0444. The molecule has 0 aliphatic carbocycles. The number of benzene rings is 3. The molecule has 10 heterocycles. The first kappa shape index (κ1) is 60.6. The molecule has 0 saturated carbocycles. The van der Waals surface area contributed by atoms with Crippen molar-refractivity contribution < 1.29 is 32.8 Å². The SMILES string of the molecule is CC(C)C(C)c1cc(N2CCN(C=O)CC2)no1.CCc1cccc2cccc(-c3ncc4c(N5CC6CCC(C5)N6)nc(OCC56CCCN5C(COC)CC6)nc4c3F)c12.Cc1ncsc1-c1ccc(C(C)NC(=O)C2CCCN2C=O)cc1. The fourth-order valence-corrected chi connectivity index (χ4v) is 14.5. The molecule has 2 bridgehead atoms. The van der Waals surface area contributed by atoms with Crippen molar-refractivity contribution in [2.45, 2.75) is 141 Å². The van der Waals surface area contributed by atoms with E-state index in [-0.39, 0.29) is 35.1 Å². The van der Waals surface area contributed by atoms with Crippen molar-refractivity contribution in [2.75, 3.05) is 82.5 Å². The highest BCUT2D eigenvalue weighted by Crippen LogP contribution is 2.44. The summed E-state index contributed by atoms with van der Waals surface area (Å²) in [7, 11) is 1.78. The second kappa shape index (κ2) is 26.9. The number of fused-ring (bicyclic) bond motifs is 5. The molecule has 3 aromatic carbocycles. The van der Waals surface area contributed by atoms with Crippen molar-refractivity contribution in [2.24, 2.45) is 5.92 Å². The van der Waals surface area contributed by atoms with Gasteiger partial charge in [0.05, 0.1) is 39.7 Å². The molecule has 4 aromatic heterocycles. The summed E-state index contributed by atoms with van der Waals surface area (Å²) >= 11 is 1.63. The van der Waals surface area contributed by atoms with Crippen LogP contribution in [0, 0.1) is 18.7 Å². The van der Waals surface area contributed by atoms with Gasteiger partial charge in [0, 0.05) is 94.8 Å². The first-order chi connectivity index (χ1) is 41.8. The van der Waals surface area contributed by atoms with Crippen LogP contribution in [-0.2, 0) is 25.5 Å². The van der Waals surface area contributed by atoms with Gasteiger partial charge >= 0.3 is 6.01 Å². The third-order valence-corrected chi connectivity index (χ3v) is 19.9. The van der Waals surface area contributed by atoms with E-state index in [0.29, 0.717) is 54.2 Å². The van der Waals surface area contributed by atoms with Gasteiger partial charge in [-0.05, 0) is 112 Å². The number of amides is 3. The Morgan fingerprint density at radius 1 is 0.895 bits per heavy atom. The molecule has 0 radical (unpaired) electrons. The van der Waals surface area contributed by atoms with Crippen molar-refractivity contribution in [3.63, 3.8) is 0 Å². The number of pyridine rings is 1. The van der Waals surface area contributed by atoms with Gasteiger partial charge < -0.3 is 44.2 Å². The van der Waals surface area contributed by atoms with Gasteiger partial charge in [-0.15, -0.1) is 11.3 Å². The van der Waals surface area contributed by atoms with Crippen LogP contribution < -0.4 is 25.2 Å². The average molecular weight is 1190 g/mol. The summed E-state index contributed by atoms with van der Waals surface area (Å²) in [6.45, 7) is 20.4. The van der Waals surface area contributed by atoms with Crippen LogP contribution >= 0.6 is 11.3 Å². The number of halogens is 1. The van der Waals surface area contributed by atoms with Crippen molar-refractivity contribution in [3.8, 4) is 27.7 Å². The molecule has 13 rings (SSSR count). The number of aryl methyl sites for hydroxylation is 2. The Balaban J connectivity index is 0.000000153. The molecular formula is C66H83FN12O6S. The molecule has 20 heteroatoms. The number of hydrogen-bond acceptors (Lipinski definition) is 16. The normalized spacial score (nSPS) is 22.6. The molecule has 6 aliphatic rings. The Kier molecular flexibility index (Phi) is 18.9. The average Bonchev–Trinajstić information content (AvgIpc) is 2.02. The third kappa shape index (κ3) is 12.8. The fraction of sp³-hybridized carbons (Fsp3) is 0.515. The summed E-state index contributed by atoms with van der Waals surface area (Å²) in [4.78, 5) is 64.4. The smallest absolute Gasteiger partial charge is 0.319 e. The van der Waals surface area contributed by atoms with Gasteiger partial charge in [-0.3, -0.25) is 24.3 Å². The quantitative estimate of drug-likeness (QED) is 0.0820. The Morgan fingerprint density at radius 2 is 1.66 bits per heavy atom. The predicted octanol–water partition coefficient (Wildman–Crippen LogP) is 10.1. The minimum atomic E-state index is -0.422. The molecule has 6 aliphatic heterocycles. The Hall–Kier alpha value is -7.13. The molecule has 7 atom stereocenters. The lowest BCUT2D eigenvalue weighted by atomic mass is 9.95. The number of ether oxygens (including phenoxy) is 2. The van der Waals surface area contributed by atoms with Gasteiger partial charge in [-0.2, -0.15) is 9.97 Å². The van der Waals surface area contributed by atoms with Gasteiger partial charge in [0.2, 0.25) is 18.7 Å². The molecule has 86 heavy (non-hydrogen) atoms. The molecule has 0 spiro atoms. The number of thiazole rings is 1. The van der Waals surface area contributed by atoms with E-state index in [4.69, 9.17) is 28.9 Å². The maximum Gasteiger partial charge on any atom is 0.319 e. The maximum atomic E-state index is 16.8. The van der Waals surface area contributed by atoms with Crippen molar-refractivity contribution in [1.29, 1.82) is 0 Å². The van der Waals surface area contributed by atoms with Crippen LogP contribution in [0.4, 0.5) is 16.0 Å². The number of methoxy groups -OCH3 is 1. The number of hydrogen-bond donors (Lipinski definition) is 2. The number of rotatable bonds is 17. The number of anilines is 2.